The predicted molar refractivity (Wildman–Crippen MR) is 71.1 cm³/mol. The Labute approximate surface area is 120 Å². The van der Waals surface area contributed by atoms with E-state index in [9.17, 15) is 18.8 Å². The van der Waals surface area contributed by atoms with Crippen molar-refractivity contribution >= 4 is 17.8 Å². The number of halogens is 1. The van der Waals surface area contributed by atoms with Crippen molar-refractivity contribution in [1.29, 1.82) is 0 Å². The van der Waals surface area contributed by atoms with Crippen LogP contribution in [0.4, 0.5) is 9.18 Å². The lowest BCUT2D eigenvalue weighted by Gasteiger charge is -2.21. The van der Waals surface area contributed by atoms with E-state index in [0.29, 0.717) is 13.0 Å². The number of carbonyl (C=O) groups is 3. The fourth-order valence-corrected chi connectivity index (χ4v) is 2.76. The molecule has 0 saturated carbocycles. The van der Waals surface area contributed by atoms with Crippen LogP contribution in [0.3, 0.4) is 0 Å². The van der Waals surface area contributed by atoms with Crippen molar-refractivity contribution in [2.24, 2.45) is 0 Å². The molecular weight excluding hydrogens is 277 g/mol. The molecule has 7 heteroatoms. The number of carbonyl (C=O) groups excluding carboxylic acids is 3. The highest BCUT2D eigenvalue weighted by atomic mass is 19.1. The van der Waals surface area contributed by atoms with Gasteiger partial charge < -0.3 is 10.2 Å². The zero-order valence-corrected chi connectivity index (χ0v) is 11.4. The fourth-order valence-electron chi connectivity index (χ4n) is 2.76. The number of amides is 4. The van der Waals surface area contributed by atoms with Gasteiger partial charge in [-0.1, -0.05) is 6.07 Å². The molecule has 21 heavy (non-hydrogen) atoms. The molecule has 2 N–H and O–H groups in total. The van der Waals surface area contributed by atoms with Crippen LogP contribution in [0.25, 0.3) is 0 Å². The summed E-state index contributed by atoms with van der Waals surface area (Å²) in [5.74, 6) is -1.49. The van der Waals surface area contributed by atoms with Gasteiger partial charge in [0.25, 0.3) is 11.8 Å². The first kappa shape index (κ1) is 13.5. The van der Waals surface area contributed by atoms with Gasteiger partial charge in [0.2, 0.25) is 0 Å². The summed E-state index contributed by atoms with van der Waals surface area (Å²) in [5, 5.41) is 4.72. The second kappa shape index (κ2) is 4.54. The molecule has 2 fully saturated rings. The summed E-state index contributed by atoms with van der Waals surface area (Å²) < 4.78 is 13.9. The van der Waals surface area contributed by atoms with Crippen molar-refractivity contribution in [2.75, 3.05) is 13.1 Å². The summed E-state index contributed by atoms with van der Waals surface area (Å²) >= 11 is 0. The van der Waals surface area contributed by atoms with Crippen LogP contribution in [0.5, 0.6) is 0 Å². The molecule has 2 heterocycles. The van der Waals surface area contributed by atoms with Crippen molar-refractivity contribution < 1.29 is 18.8 Å². The van der Waals surface area contributed by atoms with E-state index in [2.05, 4.69) is 10.6 Å². The zero-order valence-electron chi connectivity index (χ0n) is 11.4. The summed E-state index contributed by atoms with van der Waals surface area (Å²) in [6.07, 6.45) is 0.323. The second-order valence-electron chi connectivity index (χ2n) is 5.45. The molecule has 0 aromatic heterocycles. The largest absolute Gasteiger partial charge is 0.336 e. The minimum absolute atomic E-state index is 0.0256. The molecule has 110 valence electrons. The number of rotatable bonds is 1. The van der Waals surface area contributed by atoms with E-state index in [1.54, 1.807) is 13.0 Å². The average Bonchev–Trinajstić information content (AvgIpc) is 2.94. The molecule has 4 amide bonds. The van der Waals surface area contributed by atoms with E-state index in [4.69, 9.17) is 0 Å². The number of hydrogen-bond acceptors (Lipinski definition) is 3. The maximum absolute atomic E-state index is 13.9. The molecule has 1 spiro atoms. The second-order valence-corrected chi connectivity index (χ2v) is 5.45. The van der Waals surface area contributed by atoms with Gasteiger partial charge in [-0.05, 0) is 31.0 Å². The van der Waals surface area contributed by atoms with Gasteiger partial charge in [0.1, 0.15) is 11.4 Å². The Balaban J connectivity index is 1.82. The van der Waals surface area contributed by atoms with Gasteiger partial charge in [0, 0.05) is 6.54 Å². The highest BCUT2D eigenvalue weighted by molar-refractivity contribution is 6.08. The average molecular weight is 291 g/mol. The van der Waals surface area contributed by atoms with Crippen molar-refractivity contribution in [3.05, 3.63) is 35.1 Å². The lowest BCUT2D eigenvalue weighted by atomic mass is 9.99. The molecule has 2 aliphatic heterocycles. The standard InChI is InChI=1S/C14H14FN3O3/c1-8-2-3-9(10(15)6-8)11(19)18-5-4-14(7-18)12(20)16-13(21)17-14/h2-3,6H,4-5,7H2,1H3,(H2,16,17,20,21). The quantitative estimate of drug-likeness (QED) is 0.742. The highest BCUT2D eigenvalue weighted by Gasteiger charge is 2.51. The van der Waals surface area contributed by atoms with Crippen LogP contribution >= 0.6 is 0 Å². The molecule has 2 saturated heterocycles. The van der Waals surface area contributed by atoms with E-state index >= 15 is 0 Å². The van der Waals surface area contributed by atoms with Gasteiger partial charge in [-0.2, -0.15) is 0 Å². The summed E-state index contributed by atoms with van der Waals surface area (Å²) in [5.41, 5.74) is -0.375. The SMILES string of the molecule is Cc1ccc(C(=O)N2CCC3(C2)NC(=O)NC3=O)c(F)c1. The lowest BCUT2D eigenvalue weighted by Crippen LogP contribution is -2.49. The first-order valence-corrected chi connectivity index (χ1v) is 6.60. The highest BCUT2D eigenvalue weighted by Crippen LogP contribution is 2.26. The summed E-state index contributed by atoms with van der Waals surface area (Å²) in [7, 11) is 0. The maximum Gasteiger partial charge on any atom is 0.322 e. The zero-order chi connectivity index (χ0) is 15.2. The first-order chi connectivity index (χ1) is 9.91. The molecule has 3 rings (SSSR count). The van der Waals surface area contributed by atoms with Crippen LogP contribution in [-0.2, 0) is 4.79 Å². The molecule has 0 aliphatic carbocycles. The van der Waals surface area contributed by atoms with Gasteiger partial charge in [0.05, 0.1) is 12.1 Å². The van der Waals surface area contributed by atoms with Gasteiger partial charge in [0.15, 0.2) is 0 Å². The summed E-state index contributed by atoms with van der Waals surface area (Å²) in [4.78, 5) is 36.8. The number of aryl methyl sites for hydroxylation is 1. The number of benzene rings is 1. The molecule has 1 unspecified atom stereocenters. The van der Waals surface area contributed by atoms with Crippen LogP contribution in [-0.4, -0.2) is 41.4 Å². The van der Waals surface area contributed by atoms with E-state index < -0.39 is 29.2 Å². The molecule has 6 nitrogen and oxygen atoms in total. The van der Waals surface area contributed by atoms with E-state index in [1.807, 2.05) is 0 Å². The molecule has 1 aromatic rings. The minimum atomic E-state index is -1.08. The first-order valence-electron chi connectivity index (χ1n) is 6.60. The summed E-state index contributed by atoms with van der Waals surface area (Å²) in [6, 6.07) is 3.83. The maximum atomic E-state index is 13.9. The third kappa shape index (κ3) is 2.14. The smallest absolute Gasteiger partial charge is 0.322 e. The van der Waals surface area contributed by atoms with Crippen LogP contribution < -0.4 is 10.6 Å². The number of hydrogen-bond donors (Lipinski definition) is 2. The lowest BCUT2D eigenvalue weighted by molar-refractivity contribution is -0.123. The predicted octanol–water partition coefficient (Wildman–Crippen LogP) is 0.558. The van der Waals surface area contributed by atoms with E-state index in [0.717, 1.165) is 5.56 Å². The van der Waals surface area contributed by atoms with Gasteiger partial charge in [-0.15, -0.1) is 0 Å². The van der Waals surface area contributed by atoms with Gasteiger partial charge in [-0.25, -0.2) is 9.18 Å². The van der Waals surface area contributed by atoms with Crippen LogP contribution in [0.15, 0.2) is 18.2 Å². The van der Waals surface area contributed by atoms with Crippen molar-refractivity contribution in [1.82, 2.24) is 15.5 Å². The van der Waals surface area contributed by atoms with Gasteiger partial charge in [-0.3, -0.25) is 14.9 Å². The van der Waals surface area contributed by atoms with Crippen LogP contribution in [0, 0.1) is 12.7 Å². The van der Waals surface area contributed by atoms with Crippen LogP contribution in [0.2, 0.25) is 0 Å². The number of likely N-dealkylation sites (tertiary alicyclic amines) is 1. The Morgan fingerprint density at radius 1 is 1.38 bits per heavy atom. The van der Waals surface area contributed by atoms with Crippen molar-refractivity contribution in [3.8, 4) is 0 Å². The Morgan fingerprint density at radius 2 is 2.14 bits per heavy atom. The molecular formula is C14H14FN3O3. The third-order valence-corrected chi connectivity index (χ3v) is 3.93. The topological polar surface area (TPSA) is 78.5 Å². The normalized spacial score (nSPS) is 24.4. The van der Waals surface area contributed by atoms with E-state index in [-0.39, 0.29) is 12.1 Å². The molecule has 2 aliphatic rings. The Kier molecular flexibility index (Phi) is 2.93. The number of nitrogens with zero attached hydrogens (tertiary/aromatic N) is 1. The Morgan fingerprint density at radius 3 is 2.76 bits per heavy atom. The number of imide groups is 1. The monoisotopic (exact) mass is 291 g/mol. The van der Waals surface area contributed by atoms with Crippen LogP contribution in [0.1, 0.15) is 22.3 Å². The minimum Gasteiger partial charge on any atom is -0.336 e. The summed E-state index contributed by atoms with van der Waals surface area (Å²) in [6.45, 7) is 2.08. The fraction of sp³-hybridized carbons (Fsp3) is 0.357. The number of nitrogens with one attached hydrogen (secondary N) is 2. The third-order valence-electron chi connectivity index (χ3n) is 3.93. The molecule has 1 aromatic carbocycles. The molecule has 1 atom stereocenters. The molecule has 0 radical (unpaired) electrons. The van der Waals surface area contributed by atoms with Gasteiger partial charge >= 0.3 is 6.03 Å². The van der Waals surface area contributed by atoms with E-state index in [1.165, 1.54) is 17.0 Å². The Hall–Kier alpha value is -2.44. The van der Waals surface area contributed by atoms with Crippen molar-refractivity contribution in [3.63, 3.8) is 0 Å². The van der Waals surface area contributed by atoms with Crippen molar-refractivity contribution in [2.45, 2.75) is 18.9 Å². The molecule has 0 bridgehead atoms. The number of urea groups is 1. The Bertz CT molecular complexity index is 661.